The van der Waals surface area contributed by atoms with E-state index >= 15 is 0 Å². The van der Waals surface area contributed by atoms with Crippen molar-refractivity contribution in [2.45, 2.75) is 58.0 Å². The molecule has 1 fully saturated rings. The topological polar surface area (TPSA) is 51.4 Å². The van der Waals surface area contributed by atoms with E-state index in [1.807, 2.05) is 24.8 Å². The Kier molecular flexibility index (Phi) is 6.01. The number of likely N-dealkylation sites (tertiary alicyclic amines) is 1. The molecule has 2 aliphatic rings. The highest BCUT2D eigenvalue weighted by molar-refractivity contribution is 6.33. The number of aromatic amines is 1. The molecule has 5 nitrogen and oxygen atoms in total. The van der Waals surface area contributed by atoms with Gasteiger partial charge in [-0.25, -0.2) is 4.79 Å². The zero-order valence-corrected chi connectivity index (χ0v) is 18.9. The van der Waals surface area contributed by atoms with Crippen molar-refractivity contribution in [3.63, 3.8) is 0 Å². The second kappa shape index (κ2) is 8.37. The zero-order valence-electron chi connectivity index (χ0n) is 17.4. The third-order valence-electron chi connectivity index (χ3n) is 6.57. The summed E-state index contributed by atoms with van der Waals surface area (Å²) in [6.07, 6.45) is 2.95. The fourth-order valence-corrected chi connectivity index (χ4v) is 5.80. The number of benzene rings is 1. The summed E-state index contributed by atoms with van der Waals surface area (Å²) in [5.74, 6) is 0.331. The molecule has 0 saturated carbocycles. The molecule has 2 heterocycles. The Hall–Kier alpha value is -1.43. The van der Waals surface area contributed by atoms with E-state index in [9.17, 15) is 4.79 Å². The number of fused-ring (bicyclic) bond motifs is 2. The summed E-state index contributed by atoms with van der Waals surface area (Å²) in [6, 6.07) is 4.61. The molecule has 158 valence electrons. The van der Waals surface area contributed by atoms with E-state index in [1.165, 1.54) is 16.5 Å². The molecule has 1 aromatic heterocycles. The maximum Gasteiger partial charge on any atom is 0.317 e. The minimum absolute atomic E-state index is 0.0346. The second-order valence-electron chi connectivity index (χ2n) is 8.26. The monoisotopic (exact) mass is 436 g/mol. The van der Waals surface area contributed by atoms with Gasteiger partial charge in [-0.1, -0.05) is 30.1 Å². The molecule has 1 aliphatic heterocycles. The number of hydrogen-bond acceptors (Lipinski definition) is 2. The van der Waals surface area contributed by atoms with E-state index in [0.717, 1.165) is 61.1 Å². The number of carbonyl (C=O) groups is 1. The van der Waals surface area contributed by atoms with E-state index in [1.54, 1.807) is 0 Å². The van der Waals surface area contributed by atoms with Gasteiger partial charge < -0.3 is 15.2 Å². The van der Waals surface area contributed by atoms with Gasteiger partial charge in [0.15, 0.2) is 0 Å². The summed E-state index contributed by atoms with van der Waals surface area (Å²) in [7, 11) is 0. The Morgan fingerprint density at radius 2 is 2.03 bits per heavy atom. The van der Waals surface area contributed by atoms with Crippen LogP contribution < -0.4 is 5.32 Å². The summed E-state index contributed by atoms with van der Waals surface area (Å²) in [6.45, 7) is 9.58. The molecule has 4 rings (SSSR count). The van der Waals surface area contributed by atoms with Crippen LogP contribution in [0.15, 0.2) is 12.1 Å². The van der Waals surface area contributed by atoms with Gasteiger partial charge in [-0.05, 0) is 62.9 Å². The van der Waals surface area contributed by atoms with Gasteiger partial charge in [-0.3, -0.25) is 4.90 Å². The summed E-state index contributed by atoms with van der Waals surface area (Å²) < 4.78 is 0. The quantitative estimate of drug-likeness (QED) is 0.690. The number of nitrogens with zero attached hydrogens (tertiary/aromatic N) is 2. The molecule has 1 saturated heterocycles. The third kappa shape index (κ3) is 3.73. The minimum atomic E-state index is 0.0346. The van der Waals surface area contributed by atoms with E-state index in [0.29, 0.717) is 12.0 Å². The lowest BCUT2D eigenvalue weighted by atomic mass is 9.73. The fourth-order valence-electron chi connectivity index (χ4n) is 5.30. The Bertz CT molecular complexity index is 908. The molecule has 2 aromatic rings. The van der Waals surface area contributed by atoms with Crippen LogP contribution in [0.1, 0.15) is 50.7 Å². The van der Waals surface area contributed by atoms with E-state index < -0.39 is 0 Å². The molecule has 0 spiro atoms. The fraction of sp³-hybridized carbons (Fsp3) is 0.591. The Morgan fingerprint density at radius 3 is 2.72 bits per heavy atom. The van der Waals surface area contributed by atoms with Crippen LogP contribution in [0.5, 0.6) is 0 Å². The van der Waals surface area contributed by atoms with Crippen molar-refractivity contribution in [3.05, 3.63) is 33.4 Å². The molecule has 3 atom stereocenters. The molecule has 0 bridgehead atoms. The van der Waals surface area contributed by atoms with Gasteiger partial charge in [-0.2, -0.15) is 0 Å². The van der Waals surface area contributed by atoms with Crippen LogP contribution in [0.3, 0.4) is 0 Å². The Balaban J connectivity index is 1.69. The average Bonchev–Trinajstić information content (AvgIpc) is 2.99. The van der Waals surface area contributed by atoms with Crippen LogP contribution in [0.2, 0.25) is 10.2 Å². The van der Waals surface area contributed by atoms with Gasteiger partial charge in [-0.15, -0.1) is 0 Å². The number of urea groups is 1. The number of carbonyl (C=O) groups excluding carboxylic acids is 1. The SMILES string of the molecule is CCCN1C[C@@H](NC(=O)N(CC)CC)C[C@@H]2c3cc(Cl)cc4[nH]c(Cl)c(c34)C[C@H]21. The second-order valence-corrected chi connectivity index (χ2v) is 9.08. The number of amides is 2. The van der Waals surface area contributed by atoms with Crippen LogP contribution in [-0.4, -0.2) is 59.1 Å². The van der Waals surface area contributed by atoms with E-state index in [2.05, 4.69) is 28.2 Å². The number of halogens is 2. The predicted molar refractivity (Wildman–Crippen MR) is 120 cm³/mol. The van der Waals surface area contributed by atoms with Crippen molar-refractivity contribution in [1.82, 2.24) is 20.1 Å². The maximum atomic E-state index is 12.7. The lowest BCUT2D eigenvalue weighted by Gasteiger charge is -2.47. The summed E-state index contributed by atoms with van der Waals surface area (Å²) in [5, 5.41) is 5.99. The smallest absolute Gasteiger partial charge is 0.317 e. The van der Waals surface area contributed by atoms with Gasteiger partial charge >= 0.3 is 6.03 Å². The van der Waals surface area contributed by atoms with Crippen LogP contribution in [0.4, 0.5) is 4.79 Å². The first-order valence-corrected chi connectivity index (χ1v) is 11.5. The molecule has 2 N–H and O–H groups in total. The first kappa shape index (κ1) is 20.8. The van der Waals surface area contributed by atoms with E-state index in [-0.39, 0.29) is 12.1 Å². The van der Waals surface area contributed by atoms with Crippen LogP contribution in [0.25, 0.3) is 10.9 Å². The number of H-pyrrole nitrogens is 1. The number of piperidine rings is 1. The maximum absolute atomic E-state index is 12.7. The number of nitrogens with one attached hydrogen (secondary N) is 2. The lowest BCUT2D eigenvalue weighted by Crippen LogP contribution is -2.57. The molecule has 0 unspecified atom stereocenters. The number of rotatable bonds is 5. The highest BCUT2D eigenvalue weighted by atomic mass is 35.5. The van der Waals surface area contributed by atoms with Gasteiger partial charge in [0, 0.05) is 53.6 Å². The van der Waals surface area contributed by atoms with E-state index in [4.69, 9.17) is 23.2 Å². The number of aromatic nitrogens is 1. The Morgan fingerprint density at radius 1 is 1.28 bits per heavy atom. The third-order valence-corrected chi connectivity index (χ3v) is 7.11. The van der Waals surface area contributed by atoms with Crippen molar-refractivity contribution in [2.75, 3.05) is 26.2 Å². The standard InChI is InChI=1S/C22H30Cl2N4O/c1-4-7-28-12-14(25-22(29)27(5-2)6-3)10-15-16-8-13(23)9-18-20(16)17(11-19(15)28)21(24)26-18/h8-9,14-15,19,26H,4-7,10-12H2,1-3H3,(H,25,29)/t14-,15+,19+/m0/s1. The van der Waals surface area contributed by atoms with Crippen LogP contribution in [0, 0.1) is 0 Å². The van der Waals surface area contributed by atoms with Crippen molar-refractivity contribution < 1.29 is 4.79 Å². The molecule has 1 aromatic carbocycles. The normalized spacial score (nSPS) is 23.8. The molecular weight excluding hydrogens is 407 g/mol. The van der Waals surface area contributed by atoms with Crippen LogP contribution in [-0.2, 0) is 6.42 Å². The molecule has 7 heteroatoms. The largest absolute Gasteiger partial charge is 0.345 e. The summed E-state index contributed by atoms with van der Waals surface area (Å²) in [5.41, 5.74) is 3.49. The first-order chi connectivity index (χ1) is 14.0. The van der Waals surface area contributed by atoms with Gasteiger partial charge in [0.25, 0.3) is 0 Å². The first-order valence-electron chi connectivity index (χ1n) is 10.8. The average molecular weight is 437 g/mol. The Labute approximate surface area is 182 Å². The molecule has 0 radical (unpaired) electrons. The summed E-state index contributed by atoms with van der Waals surface area (Å²) in [4.78, 5) is 20.4. The van der Waals surface area contributed by atoms with Gasteiger partial charge in [0.2, 0.25) is 0 Å². The predicted octanol–water partition coefficient (Wildman–Crippen LogP) is 5.02. The molecule has 1 aliphatic carbocycles. The van der Waals surface area contributed by atoms with Crippen molar-refractivity contribution >= 4 is 40.1 Å². The zero-order chi connectivity index (χ0) is 20.7. The van der Waals surface area contributed by atoms with Crippen molar-refractivity contribution in [1.29, 1.82) is 0 Å². The summed E-state index contributed by atoms with van der Waals surface area (Å²) >= 11 is 13.0. The van der Waals surface area contributed by atoms with Gasteiger partial charge in [0.05, 0.1) is 0 Å². The lowest BCUT2D eigenvalue weighted by molar-refractivity contribution is 0.0980. The van der Waals surface area contributed by atoms with Crippen molar-refractivity contribution in [3.8, 4) is 0 Å². The molecule has 29 heavy (non-hydrogen) atoms. The molecular formula is C22H30Cl2N4O. The minimum Gasteiger partial charge on any atom is -0.345 e. The number of hydrogen-bond donors (Lipinski definition) is 2. The molecule has 2 amide bonds. The van der Waals surface area contributed by atoms with Gasteiger partial charge in [0.1, 0.15) is 5.15 Å². The van der Waals surface area contributed by atoms with Crippen LogP contribution >= 0.6 is 23.2 Å². The van der Waals surface area contributed by atoms with Crippen molar-refractivity contribution in [2.24, 2.45) is 0 Å². The highest BCUT2D eigenvalue weighted by Gasteiger charge is 2.42. The highest BCUT2D eigenvalue weighted by Crippen LogP contribution is 2.46.